The molecule has 1 N–H and O–H groups in total. The zero-order chi connectivity index (χ0) is 13.8. The molecule has 3 aromatic rings. The molecule has 20 heavy (non-hydrogen) atoms. The molecule has 1 heterocycles. The average molecular weight is 265 g/mol. The Balaban J connectivity index is 2.01. The Bertz CT molecular complexity index is 771. The lowest BCUT2D eigenvalue weighted by molar-refractivity contribution is -0.672. The Hall–Kier alpha value is -2.88. The van der Waals surface area contributed by atoms with Crippen molar-refractivity contribution in [2.24, 2.45) is 0 Å². The summed E-state index contributed by atoms with van der Waals surface area (Å²) in [7, 11) is 0. The van der Waals surface area contributed by atoms with E-state index < -0.39 is 5.63 Å². The number of benzene rings is 2. The second kappa shape index (κ2) is 5.40. The smallest absolute Gasteiger partial charge is 0.282 e. The van der Waals surface area contributed by atoms with Crippen LogP contribution in [0.4, 0.5) is 0 Å². The predicted octanol–water partition coefficient (Wildman–Crippen LogP) is 2.42. The van der Waals surface area contributed by atoms with Crippen molar-refractivity contribution in [2.45, 2.75) is 0 Å². The highest BCUT2D eigenvalue weighted by molar-refractivity contribution is 5.66. The standard InChI is InChI=1S/C16H12N2O2/c19-16-15(12-11-13-7-3-1-4-8-13)18(17-20-16)14-9-5-2-6-10-14/h1-12H/p+1/b12-11+. The van der Waals surface area contributed by atoms with E-state index in [2.05, 4.69) is 5.27 Å². The van der Waals surface area contributed by atoms with Crippen molar-refractivity contribution < 1.29 is 9.20 Å². The number of H-pyrrole nitrogens is 1. The molecule has 0 amide bonds. The number of para-hydroxylation sites is 1. The molecule has 4 heteroatoms. The number of hydrogen-bond acceptors (Lipinski definition) is 2. The van der Waals surface area contributed by atoms with Gasteiger partial charge in [-0.1, -0.05) is 48.5 Å². The summed E-state index contributed by atoms with van der Waals surface area (Å²) >= 11 is 0. The van der Waals surface area contributed by atoms with Crippen LogP contribution < -0.4 is 10.3 Å². The number of aromatic amines is 1. The van der Waals surface area contributed by atoms with Gasteiger partial charge in [0, 0.05) is 18.2 Å². The molecule has 0 spiro atoms. The van der Waals surface area contributed by atoms with E-state index >= 15 is 0 Å². The minimum Gasteiger partial charge on any atom is -0.282 e. The molecule has 0 aliphatic carbocycles. The van der Waals surface area contributed by atoms with E-state index in [9.17, 15) is 4.79 Å². The molecule has 0 radical (unpaired) electrons. The average Bonchev–Trinajstić information content (AvgIpc) is 2.88. The molecule has 0 saturated carbocycles. The van der Waals surface area contributed by atoms with E-state index in [0.717, 1.165) is 11.3 Å². The van der Waals surface area contributed by atoms with E-state index in [1.165, 1.54) is 0 Å². The maximum atomic E-state index is 11.8. The lowest BCUT2D eigenvalue weighted by Crippen LogP contribution is -2.36. The largest absolute Gasteiger partial charge is 0.435 e. The van der Waals surface area contributed by atoms with Gasteiger partial charge in [-0.2, -0.15) is 0 Å². The van der Waals surface area contributed by atoms with Crippen LogP contribution in [0.3, 0.4) is 0 Å². The second-order valence-corrected chi connectivity index (χ2v) is 4.28. The second-order valence-electron chi connectivity index (χ2n) is 4.28. The van der Waals surface area contributed by atoms with Crippen LogP contribution in [0.2, 0.25) is 0 Å². The van der Waals surface area contributed by atoms with E-state index in [4.69, 9.17) is 4.52 Å². The molecule has 0 saturated heterocycles. The van der Waals surface area contributed by atoms with Gasteiger partial charge in [0.25, 0.3) is 0 Å². The summed E-state index contributed by atoms with van der Waals surface area (Å²) in [6, 6.07) is 19.3. The minimum atomic E-state index is -0.402. The first-order valence-corrected chi connectivity index (χ1v) is 6.27. The van der Waals surface area contributed by atoms with Gasteiger partial charge in [0.2, 0.25) is 5.69 Å². The third-order valence-corrected chi connectivity index (χ3v) is 2.93. The van der Waals surface area contributed by atoms with Crippen LogP contribution in [0.15, 0.2) is 70.0 Å². The van der Waals surface area contributed by atoms with Gasteiger partial charge >= 0.3 is 11.3 Å². The van der Waals surface area contributed by atoms with Crippen LogP contribution in [0.1, 0.15) is 11.3 Å². The molecule has 0 atom stereocenters. The first-order chi connectivity index (χ1) is 9.84. The van der Waals surface area contributed by atoms with Crippen LogP contribution >= 0.6 is 0 Å². The molecule has 0 bridgehead atoms. The molecule has 1 aromatic heterocycles. The first kappa shape index (κ1) is 12.2. The zero-order valence-electron chi connectivity index (χ0n) is 10.7. The molecule has 0 fully saturated rings. The molecule has 0 unspecified atom stereocenters. The molecular formula is C16H13N2O2+. The van der Waals surface area contributed by atoms with Gasteiger partial charge in [-0.3, -0.25) is 4.52 Å². The number of nitrogens with zero attached hydrogens (tertiary/aromatic N) is 1. The SMILES string of the molecule is O=c1o[nH][n+](-c2ccccc2)c1/C=C/c1ccccc1. The van der Waals surface area contributed by atoms with Crippen LogP contribution in [-0.2, 0) is 0 Å². The Morgan fingerprint density at radius 3 is 2.25 bits per heavy atom. The van der Waals surface area contributed by atoms with Crippen LogP contribution in [0.25, 0.3) is 17.8 Å². The summed E-state index contributed by atoms with van der Waals surface area (Å²) < 4.78 is 6.48. The molecule has 0 aliphatic heterocycles. The van der Waals surface area contributed by atoms with Gasteiger partial charge in [0.1, 0.15) is 0 Å². The van der Waals surface area contributed by atoms with Crippen molar-refractivity contribution in [3.05, 3.63) is 82.3 Å². The summed E-state index contributed by atoms with van der Waals surface area (Å²) in [5.41, 5.74) is 1.90. The van der Waals surface area contributed by atoms with E-state index in [-0.39, 0.29) is 0 Å². The van der Waals surface area contributed by atoms with E-state index in [1.807, 2.05) is 66.7 Å². The molecule has 2 aromatic carbocycles. The maximum absolute atomic E-state index is 11.8. The first-order valence-electron chi connectivity index (χ1n) is 6.27. The topological polar surface area (TPSA) is 49.9 Å². The quantitative estimate of drug-likeness (QED) is 0.739. The molecular weight excluding hydrogens is 252 g/mol. The van der Waals surface area contributed by atoms with Crippen molar-refractivity contribution >= 4 is 12.2 Å². The minimum absolute atomic E-state index is 0.402. The fourth-order valence-electron chi connectivity index (χ4n) is 1.93. The Kier molecular flexibility index (Phi) is 3.29. The maximum Gasteiger partial charge on any atom is 0.435 e. The lowest BCUT2D eigenvalue weighted by Gasteiger charge is -1.91. The fraction of sp³-hybridized carbons (Fsp3) is 0. The number of nitrogens with one attached hydrogen (secondary N) is 1. The summed E-state index contributed by atoms with van der Waals surface area (Å²) in [5.74, 6) is 0. The molecule has 0 aliphatic rings. The van der Waals surface area contributed by atoms with Gasteiger partial charge < -0.3 is 0 Å². The third-order valence-electron chi connectivity index (χ3n) is 2.93. The van der Waals surface area contributed by atoms with E-state index in [0.29, 0.717) is 5.69 Å². The summed E-state index contributed by atoms with van der Waals surface area (Å²) in [6.07, 6.45) is 3.62. The van der Waals surface area contributed by atoms with E-state index in [1.54, 1.807) is 10.8 Å². The van der Waals surface area contributed by atoms with Crippen LogP contribution in [-0.4, -0.2) is 5.27 Å². The van der Waals surface area contributed by atoms with Crippen molar-refractivity contribution in [3.63, 3.8) is 0 Å². The highest BCUT2D eigenvalue weighted by atomic mass is 16.5. The van der Waals surface area contributed by atoms with Crippen molar-refractivity contribution in [3.8, 4) is 5.69 Å². The summed E-state index contributed by atoms with van der Waals surface area (Å²) in [6.45, 7) is 0. The highest BCUT2D eigenvalue weighted by Crippen LogP contribution is 2.04. The van der Waals surface area contributed by atoms with Crippen LogP contribution in [0.5, 0.6) is 0 Å². The summed E-state index contributed by atoms with van der Waals surface area (Å²) in [5, 5.41) is 2.60. The van der Waals surface area contributed by atoms with Crippen LogP contribution in [0, 0.1) is 0 Å². The van der Waals surface area contributed by atoms with Crippen molar-refractivity contribution in [2.75, 3.05) is 0 Å². The highest BCUT2D eigenvalue weighted by Gasteiger charge is 2.19. The molecule has 3 rings (SSSR count). The third kappa shape index (κ3) is 2.44. The number of aromatic nitrogens is 2. The zero-order valence-corrected chi connectivity index (χ0v) is 10.7. The van der Waals surface area contributed by atoms with Gasteiger partial charge in [0.05, 0.1) is 0 Å². The Morgan fingerprint density at radius 2 is 1.55 bits per heavy atom. The molecule has 98 valence electrons. The predicted molar refractivity (Wildman–Crippen MR) is 76.2 cm³/mol. The fourth-order valence-corrected chi connectivity index (χ4v) is 1.93. The normalized spacial score (nSPS) is 11.0. The molecule has 4 nitrogen and oxygen atoms in total. The Labute approximate surface area is 115 Å². The lowest BCUT2D eigenvalue weighted by atomic mass is 10.2. The summed E-state index contributed by atoms with van der Waals surface area (Å²) in [4.78, 5) is 11.8. The monoisotopic (exact) mass is 265 g/mol. The Morgan fingerprint density at radius 1 is 0.900 bits per heavy atom. The van der Waals surface area contributed by atoms with Gasteiger partial charge in [-0.25, -0.2) is 4.79 Å². The number of rotatable bonds is 3. The van der Waals surface area contributed by atoms with Crippen molar-refractivity contribution in [1.82, 2.24) is 5.27 Å². The number of hydrogen-bond donors (Lipinski definition) is 1. The van der Waals surface area contributed by atoms with Gasteiger partial charge in [-0.15, -0.1) is 0 Å². The van der Waals surface area contributed by atoms with Gasteiger partial charge in [0.15, 0.2) is 0 Å². The van der Waals surface area contributed by atoms with Crippen molar-refractivity contribution in [1.29, 1.82) is 0 Å². The van der Waals surface area contributed by atoms with Gasteiger partial charge in [-0.05, 0) is 21.6 Å².